The van der Waals surface area contributed by atoms with E-state index < -0.39 is 5.60 Å². The van der Waals surface area contributed by atoms with Crippen LogP contribution in [0.4, 0.5) is 4.39 Å². The summed E-state index contributed by atoms with van der Waals surface area (Å²) in [5.74, 6) is 0.0200. The third-order valence-electron chi connectivity index (χ3n) is 4.26. The van der Waals surface area contributed by atoms with Crippen LogP contribution >= 0.6 is 12.4 Å². The van der Waals surface area contributed by atoms with Gasteiger partial charge in [-0.3, -0.25) is 4.79 Å². The van der Waals surface area contributed by atoms with Crippen molar-refractivity contribution in [2.75, 3.05) is 26.7 Å². The van der Waals surface area contributed by atoms with E-state index in [1.807, 2.05) is 6.92 Å². The second kappa shape index (κ2) is 9.81. The Kier molecular flexibility index (Phi) is 8.45. The molecule has 0 aromatic heterocycles. The Morgan fingerprint density at radius 2 is 2.12 bits per heavy atom. The third kappa shape index (κ3) is 5.33. The number of hydrogen-bond donors (Lipinski definition) is 2. The minimum Gasteiger partial charge on any atom is -0.489 e. The van der Waals surface area contributed by atoms with Crippen molar-refractivity contribution in [3.63, 3.8) is 0 Å². The van der Waals surface area contributed by atoms with Crippen LogP contribution in [0.5, 0.6) is 5.75 Å². The van der Waals surface area contributed by atoms with Crippen LogP contribution in [0.2, 0.25) is 0 Å². The van der Waals surface area contributed by atoms with Crippen LogP contribution in [0, 0.1) is 5.82 Å². The van der Waals surface area contributed by atoms with Gasteiger partial charge in [0, 0.05) is 13.2 Å². The van der Waals surface area contributed by atoms with Crippen molar-refractivity contribution in [2.45, 2.75) is 37.9 Å². The zero-order chi connectivity index (χ0) is 16.7. The van der Waals surface area contributed by atoms with Gasteiger partial charge < -0.3 is 20.1 Å². The number of hydrogen-bond acceptors (Lipinski definition) is 4. The van der Waals surface area contributed by atoms with Crippen LogP contribution in [-0.2, 0) is 9.53 Å². The molecule has 1 amide bonds. The van der Waals surface area contributed by atoms with E-state index in [4.69, 9.17) is 9.47 Å². The highest BCUT2D eigenvalue weighted by molar-refractivity contribution is 5.85. The van der Waals surface area contributed by atoms with Gasteiger partial charge in [-0.1, -0.05) is 13.0 Å². The SMILES string of the molecule is CCC(CNC(=O)C1(OC)CCNCC1)Oc1cccc(F)c1.Cl. The molecular weight excluding hydrogens is 335 g/mol. The van der Waals surface area contributed by atoms with Gasteiger partial charge in [-0.25, -0.2) is 4.39 Å². The maximum absolute atomic E-state index is 13.2. The normalized spacial score (nSPS) is 17.5. The lowest BCUT2D eigenvalue weighted by Crippen LogP contribution is -2.55. The van der Waals surface area contributed by atoms with Crippen molar-refractivity contribution in [3.05, 3.63) is 30.1 Å². The molecule has 7 heteroatoms. The van der Waals surface area contributed by atoms with Gasteiger partial charge in [0.1, 0.15) is 23.3 Å². The van der Waals surface area contributed by atoms with E-state index in [1.54, 1.807) is 19.2 Å². The number of nitrogens with one attached hydrogen (secondary N) is 2. The lowest BCUT2D eigenvalue weighted by molar-refractivity contribution is -0.147. The highest BCUT2D eigenvalue weighted by atomic mass is 35.5. The average Bonchev–Trinajstić information content (AvgIpc) is 2.58. The fraction of sp³-hybridized carbons (Fsp3) is 0.588. The molecule has 1 aromatic carbocycles. The Morgan fingerprint density at radius 1 is 1.42 bits per heavy atom. The van der Waals surface area contributed by atoms with Crippen molar-refractivity contribution >= 4 is 18.3 Å². The van der Waals surface area contributed by atoms with Crippen molar-refractivity contribution in [1.29, 1.82) is 0 Å². The molecule has 1 heterocycles. The summed E-state index contributed by atoms with van der Waals surface area (Å²) >= 11 is 0. The van der Waals surface area contributed by atoms with Crippen LogP contribution in [0.25, 0.3) is 0 Å². The zero-order valence-corrected chi connectivity index (χ0v) is 15.0. The Morgan fingerprint density at radius 3 is 2.71 bits per heavy atom. The molecule has 24 heavy (non-hydrogen) atoms. The van der Waals surface area contributed by atoms with Crippen LogP contribution in [-0.4, -0.2) is 44.4 Å². The molecule has 2 N–H and O–H groups in total. The van der Waals surface area contributed by atoms with Gasteiger partial charge in [0.25, 0.3) is 5.91 Å². The quantitative estimate of drug-likeness (QED) is 0.783. The molecule has 1 aliphatic rings. The lowest BCUT2D eigenvalue weighted by Gasteiger charge is -2.35. The fourth-order valence-corrected chi connectivity index (χ4v) is 2.72. The molecule has 0 spiro atoms. The minimum absolute atomic E-state index is 0. The van der Waals surface area contributed by atoms with E-state index in [1.165, 1.54) is 12.1 Å². The van der Waals surface area contributed by atoms with E-state index in [-0.39, 0.29) is 30.2 Å². The monoisotopic (exact) mass is 360 g/mol. The number of piperidine rings is 1. The van der Waals surface area contributed by atoms with E-state index in [0.29, 0.717) is 31.6 Å². The van der Waals surface area contributed by atoms with Crippen LogP contribution in [0.1, 0.15) is 26.2 Å². The highest BCUT2D eigenvalue weighted by Crippen LogP contribution is 2.22. The maximum atomic E-state index is 13.2. The first kappa shape index (κ1) is 20.7. The smallest absolute Gasteiger partial charge is 0.252 e. The molecule has 5 nitrogen and oxygen atoms in total. The van der Waals surface area contributed by atoms with Gasteiger partial charge in [0.15, 0.2) is 0 Å². The first-order valence-corrected chi connectivity index (χ1v) is 8.06. The highest BCUT2D eigenvalue weighted by Gasteiger charge is 2.39. The molecule has 1 aromatic rings. The first-order valence-electron chi connectivity index (χ1n) is 8.06. The van der Waals surface area contributed by atoms with Gasteiger partial charge in [0.05, 0.1) is 6.54 Å². The number of ether oxygens (including phenoxy) is 2. The number of rotatable bonds is 7. The molecule has 1 saturated heterocycles. The molecular formula is C17H26ClFN2O3. The Labute approximate surface area is 148 Å². The van der Waals surface area contributed by atoms with Crippen molar-refractivity contribution < 1.29 is 18.7 Å². The van der Waals surface area contributed by atoms with Crippen molar-refractivity contribution in [1.82, 2.24) is 10.6 Å². The van der Waals surface area contributed by atoms with Gasteiger partial charge >= 0.3 is 0 Å². The number of carbonyl (C=O) groups is 1. The summed E-state index contributed by atoms with van der Waals surface area (Å²) in [4.78, 5) is 12.5. The summed E-state index contributed by atoms with van der Waals surface area (Å²) in [5.41, 5.74) is -0.762. The standard InChI is InChI=1S/C17H25FN2O3.ClH/c1-3-14(23-15-6-4-5-13(18)11-15)12-20-16(21)17(22-2)7-9-19-10-8-17;/h4-6,11,14,19H,3,7-10,12H2,1-2H3,(H,20,21);1H. The third-order valence-corrected chi connectivity index (χ3v) is 4.26. The average molecular weight is 361 g/mol. The second-order valence-corrected chi connectivity index (χ2v) is 5.76. The largest absolute Gasteiger partial charge is 0.489 e. The molecule has 1 fully saturated rings. The molecule has 1 aliphatic heterocycles. The van der Waals surface area contributed by atoms with E-state index in [9.17, 15) is 9.18 Å². The number of benzene rings is 1. The summed E-state index contributed by atoms with van der Waals surface area (Å²) in [5, 5.41) is 6.14. The number of halogens is 2. The molecule has 0 saturated carbocycles. The van der Waals surface area contributed by atoms with Crippen LogP contribution < -0.4 is 15.4 Å². The maximum Gasteiger partial charge on any atom is 0.252 e. The summed E-state index contributed by atoms with van der Waals surface area (Å²) in [6.07, 6.45) is 1.79. The Hall–Kier alpha value is -1.37. The van der Waals surface area contributed by atoms with Gasteiger partial charge in [-0.15, -0.1) is 12.4 Å². The Bertz CT molecular complexity index is 524. The predicted molar refractivity (Wildman–Crippen MR) is 93.2 cm³/mol. The number of carbonyl (C=O) groups excluding carboxylic acids is 1. The molecule has 1 unspecified atom stereocenters. The molecule has 0 radical (unpaired) electrons. The molecule has 136 valence electrons. The number of methoxy groups -OCH3 is 1. The molecule has 1 atom stereocenters. The van der Waals surface area contributed by atoms with E-state index in [0.717, 1.165) is 13.1 Å². The van der Waals surface area contributed by atoms with Crippen LogP contribution in [0.15, 0.2) is 24.3 Å². The predicted octanol–water partition coefficient (Wildman–Crippen LogP) is 2.29. The molecule has 0 bridgehead atoms. The lowest BCUT2D eigenvalue weighted by atomic mass is 9.91. The van der Waals surface area contributed by atoms with Crippen molar-refractivity contribution in [3.8, 4) is 5.75 Å². The summed E-state index contributed by atoms with van der Waals surface area (Å²) in [6.45, 7) is 3.85. The molecule has 2 rings (SSSR count). The van der Waals surface area contributed by atoms with Gasteiger partial charge in [-0.05, 0) is 44.5 Å². The number of amides is 1. The summed E-state index contributed by atoms with van der Waals surface area (Å²) in [6, 6.07) is 6.02. The van der Waals surface area contributed by atoms with E-state index in [2.05, 4.69) is 10.6 Å². The van der Waals surface area contributed by atoms with Gasteiger partial charge in [-0.2, -0.15) is 0 Å². The zero-order valence-electron chi connectivity index (χ0n) is 14.1. The first-order chi connectivity index (χ1) is 11.1. The van der Waals surface area contributed by atoms with E-state index >= 15 is 0 Å². The molecule has 0 aliphatic carbocycles. The summed E-state index contributed by atoms with van der Waals surface area (Å²) < 4.78 is 24.4. The topological polar surface area (TPSA) is 59.6 Å². The summed E-state index contributed by atoms with van der Waals surface area (Å²) in [7, 11) is 1.57. The minimum atomic E-state index is -0.762. The van der Waals surface area contributed by atoms with Crippen molar-refractivity contribution in [2.24, 2.45) is 0 Å². The van der Waals surface area contributed by atoms with Gasteiger partial charge in [0.2, 0.25) is 0 Å². The van der Waals surface area contributed by atoms with Crippen LogP contribution in [0.3, 0.4) is 0 Å². The fourth-order valence-electron chi connectivity index (χ4n) is 2.72. The second-order valence-electron chi connectivity index (χ2n) is 5.76. The Balaban J connectivity index is 0.00000288.